The molecule has 146 valence electrons. The largest absolute Gasteiger partial charge is 0.612 e. The Balaban J connectivity index is 0.000000300. The highest BCUT2D eigenvalue weighted by atomic mass is 32.2. The van der Waals surface area contributed by atoms with E-state index in [1.165, 1.54) is 0 Å². The number of imidazole rings is 1. The van der Waals surface area contributed by atoms with E-state index in [0.29, 0.717) is 23.7 Å². The van der Waals surface area contributed by atoms with Crippen molar-refractivity contribution in [2.75, 3.05) is 13.4 Å². The van der Waals surface area contributed by atoms with Gasteiger partial charge in [-0.2, -0.15) is 0 Å². The third-order valence-electron chi connectivity index (χ3n) is 3.41. The lowest BCUT2D eigenvalue weighted by Crippen LogP contribution is -1.99. The first-order valence-corrected chi connectivity index (χ1v) is 9.33. The van der Waals surface area contributed by atoms with Crippen LogP contribution in [0.1, 0.15) is 0 Å². The highest BCUT2D eigenvalue weighted by Gasteiger charge is 2.14. The van der Waals surface area contributed by atoms with Gasteiger partial charge in [0, 0.05) is 24.4 Å². The molecule has 0 spiro atoms. The summed E-state index contributed by atoms with van der Waals surface area (Å²) in [6, 6.07) is 7.32. The van der Waals surface area contributed by atoms with Gasteiger partial charge in [-0.15, -0.1) is 0 Å². The number of hydrogen-bond donors (Lipinski definition) is 3. The predicted octanol–water partition coefficient (Wildman–Crippen LogP) is 2.08. The summed E-state index contributed by atoms with van der Waals surface area (Å²) in [7, 11) is 1.59. The SMILES string of the molecule is COc1cc([S+](C)[O-])ccc1-c1nc2cnccc2[nH]1.O=C(O)/C=C/C(=O)O. The Labute approximate surface area is 162 Å². The number of methoxy groups -OCH3 is 1. The van der Waals surface area contributed by atoms with Gasteiger partial charge >= 0.3 is 11.9 Å². The fraction of sp³-hybridized carbons (Fsp3) is 0.111. The van der Waals surface area contributed by atoms with E-state index in [4.69, 9.17) is 14.9 Å². The Morgan fingerprint density at radius 1 is 1.21 bits per heavy atom. The van der Waals surface area contributed by atoms with Crippen LogP contribution < -0.4 is 4.74 Å². The lowest BCUT2D eigenvalue weighted by molar-refractivity contribution is -0.134. The van der Waals surface area contributed by atoms with Crippen molar-refractivity contribution in [2.24, 2.45) is 0 Å². The minimum atomic E-state index is -1.26. The number of benzene rings is 1. The van der Waals surface area contributed by atoms with Gasteiger partial charge in [0.25, 0.3) is 0 Å². The van der Waals surface area contributed by atoms with E-state index in [-0.39, 0.29) is 0 Å². The van der Waals surface area contributed by atoms with Gasteiger partial charge < -0.3 is 24.5 Å². The molecule has 3 rings (SSSR count). The minimum Gasteiger partial charge on any atom is -0.612 e. The van der Waals surface area contributed by atoms with Gasteiger partial charge in [-0.05, 0) is 29.4 Å². The summed E-state index contributed by atoms with van der Waals surface area (Å²) in [4.78, 5) is 31.6. The number of nitrogens with zero attached hydrogens (tertiary/aromatic N) is 2. The van der Waals surface area contributed by atoms with Crippen LogP contribution in [0.3, 0.4) is 0 Å². The number of aromatic amines is 1. The molecule has 0 aliphatic rings. The van der Waals surface area contributed by atoms with Gasteiger partial charge in [0.15, 0.2) is 4.90 Å². The molecule has 1 unspecified atom stereocenters. The second-order valence-corrected chi connectivity index (χ2v) is 6.68. The maximum absolute atomic E-state index is 11.5. The average Bonchev–Trinajstić information content (AvgIpc) is 3.10. The molecule has 0 saturated carbocycles. The normalized spacial score (nSPS) is 11.7. The molecule has 2 heterocycles. The van der Waals surface area contributed by atoms with E-state index in [9.17, 15) is 14.1 Å². The number of aliphatic carboxylic acids is 2. The molecule has 0 bridgehead atoms. The van der Waals surface area contributed by atoms with E-state index in [0.717, 1.165) is 21.5 Å². The molecule has 0 saturated heterocycles. The molecule has 1 aromatic carbocycles. The van der Waals surface area contributed by atoms with E-state index >= 15 is 0 Å². The molecule has 3 N–H and O–H groups in total. The summed E-state index contributed by atoms with van der Waals surface area (Å²) >= 11 is -1.04. The number of nitrogens with one attached hydrogen (secondary N) is 1. The number of carboxylic acids is 2. The molecule has 1 atom stereocenters. The first-order chi connectivity index (χ1) is 13.3. The van der Waals surface area contributed by atoms with Gasteiger partial charge in [0.1, 0.15) is 23.3 Å². The highest BCUT2D eigenvalue weighted by Crippen LogP contribution is 2.31. The van der Waals surface area contributed by atoms with Gasteiger partial charge in [0.2, 0.25) is 0 Å². The number of fused-ring (bicyclic) bond motifs is 1. The molecule has 0 amide bonds. The summed E-state index contributed by atoms with van der Waals surface area (Å²) < 4.78 is 16.9. The third kappa shape index (κ3) is 5.56. The summed E-state index contributed by atoms with van der Waals surface area (Å²) in [5.41, 5.74) is 2.55. The zero-order valence-electron chi connectivity index (χ0n) is 14.9. The van der Waals surface area contributed by atoms with Gasteiger partial charge in [-0.3, -0.25) is 4.98 Å². The van der Waals surface area contributed by atoms with Crippen molar-refractivity contribution in [3.63, 3.8) is 0 Å². The van der Waals surface area contributed by atoms with Crippen molar-refractivity contribution < 1.29 is 29.1 Å². The van der Waals surface area contributed by atoms with Crippen LogP contribution in [0.4, 0.5) is 0 Å². The summed E-state index contributed by atoms with van der Waals surface area (Å²) in [6.45, 7) is 0. The van der Waals surface area contributed by atoms with Crippen LogP contribution in [0.25, 0.3) is 22.4 Å². The zero-order valence-corrected chi connectivity index (χ0v) is 15.8. The van der Waals surface area contributed by atoms with Crippen LogP contribution in [0.15, 0.2) is 53.7 Å². The molecular formula is C18H17N3O6S. The molecule has 0 aliphatic heterocycles. The van der Waals surface area contributed by atoms with Crippen LogP contribution in [0.5, 0.6) is 5.75 Å². The molecule has 28 heavy (non-hydrogen) atoms. The summed E-state index contributed by atoms with van der Waals surface area (Å²) in [6.07, 6.45) is 6.17. The molecular weight excluding hydrogens is 386 g/mol. The van der Waals surface area contributed by atoms with Crippen LogP contribution >= 0.6 is 0 Å². The Bertz CT molecular complexity index is 966. The highest BCUT2D eigenvalue weighted by molar-refractivity contribution is 7.90. The fourth-order valence-corrected chi connectivity index (χ4v) is 2.71. The molecule has 2 aromatic heterocycles. The number of carbonyl (C=O) groups is 2. The number of H-pyrrole nitrogens is 1. The number of hydrogen-bond acceptors (Lipinski definition) is 6. The number of aromatic nitrogens is 3. The summed E-state index contributed by atoms with van der Waals surface area (Å²) in [5.74, 6) is -1.16. The monoisotopic (exact) mass is 403 g/mol. The number of pyridine rings is 1. The van der Waals surface area contributed by atoms with E-state index in [1.807, 2.05) is 18.2 Å². The third-order valence-corrected chi connectivity index (χ3v) is 4.33. The van der Waals surface area contributed by atoms with Crippen LogP contribution in [-0.4, -0.2) is 55.0 Å². The van der Waals surface area contributed by atoms with Gasteiger partial charge in [-0.1, -0.05) is 0 Å². The van der Waals surface area contributed by atoms with Crippen molar-refractivity contribution in [2.45, 2.75) is 4.90 Å². The molecule has 0 aliphatic carbocycles. The van der Waals surface area contributed by atoms with Crippen LogP contribution in [-0.2, 0) is 20.8 Å². The summed E-state index contributed by atoms with van der Waals surface area (Å²) in [5, 5.41) is 15.6. The number of rotatable bonds is 5. The predicted molar refractivity (Wildman–Crippen MR) is 103 cm³/mol. The smallest absolute Gasteiger partial charge is 0.328 e. The quantitative estimate of drug-likeness (QED) is 0.433. The second kappa shape index (κ2) is 9.53. The van der Waals surface area contributed by atoms with Crippen molar-refractivity contribution in [3.05, 3.63) is 48.8 Å². The fourth-order valence-electron chi connectivity index (χ4n) is 2.17. The lowest BCUT2D eigenvalue weighted by Gasteiger charge is -2.09. The Morgan fingerprint density at radius 3 is 2.43 bits per heavy atom. The lowest BCUT2D eigenvalue weighted by atomic mass is 10.2. The molecule has 0 fully saturated rings. The molecule has 10 heteroatoms. The molecule has 0 radical (unpaired) electrons. The van der Waals surface area contributed by atoms with Crippen molar-refractivity contribution in [1.82, 2.24) is 15.0 Å². The Kier molecular flexibility index (Phi) is 7.13. The van der Waals surface area contributed by atoms with E-state index < -0.39 is 23.1 Å². The van der Waals surface area contributed by atoms with Crippen LogP contribution in [0.2, 0.25) is 0 Å². The van der Waals surface area contributed by atoms with Crippen LogP contribution in [0, 0.1) is 0 Å². The van der Waals surface area contributed by atoms with E-state index in [1.54, 1.807) is 31.8 Å². The molecule has 9 nitrogen and oxygen atoms in total. The van der Waals surface area contributed by atoms with E-state index in [2.05, 4.69) is 15.0 Å². The number of carboxylic acid groups (broad SMARTS) is 2. The maximum Gasteiger partial charge on any atom is 0.328 e. The zero-order chi connectivity index (χ0) is 20.7. The first-order valence-electron chi connectivity index (χ1n) is 7.77. The van der Waals surface area contributed by atoms with Gasteiger partial charge in [0.05, 0.1) is 24.4 Å². The maximum atomic E-state index is 11.5. The van der Waals surface area contributed by atoms with Crippen molar-refractivity contribution in [1.29, 1.82) is 0 Å². The average molecular weight is 403 g/mol. The van der Waals surface area contributed by atoms with Crippen molar-refractivity contribution >= 4 is 34.1 Å². The Morgan fingerprint density at radius 2 is 1.89 bits per heavy atom. The topological polar surface area (TPSA) is 148 Å². The van der Waals surface area contributed by atoms with Crippen molar-refractivity contribution in [3.8, 4) is 17.1 Å². The second-order valence-electron chi connectivity index (χ2n) is 5.30. The molecule has 3 aromatic rings. The Hall–Kier alpha value is -3.37. The minimum absolute atomic E-state index is 0.558. The van der Waals surface area contributed by atoms with Gasteiger partial charge in [-0.25, -0.2) is 14.6 Å². The number of ether oxygens (including phenoxy) is 1. The standard InChI is InChI=1S/C14H13N3O2S.C4H4O4/c1-19-13-7-9(20(2)18)3-4-10(13)14-16-11-5-6-15-8-12(11)17-14;5-3(6)1-2-4(7)8/h3-8H,1-2H3,(H,16,17);1-2H,(H,5,6)(H,7,8)/b;2-1+. The first kappa shape index (κ1) is 20.9.